The summed E-state index contributed by atoms with van der Waals surface area (Å²) in [6.45, 7) is 1.04. The van der Waals surface area contributed by atoms with E-state index in [1.165, 1.54) is 0 Å². The maximum atomic E-state index is 14.5. The van der Waals surface area contributed by atoms with Crippen molar-refractivity contribution in [1.82, 2.24) is 10.2 Å². The van der Waals surface area contributed by atoms with Crippen molar-refractivity contribution in [3.05, 3.63) is 71.0 Å². The van der Waals surface area contributed by atoms with Gasteiger partial charge in [-0.15, -0.1) is 0 Å². The molecule has 186 valence electrons. The van der Waals surface area contributed by atoms with E-state index in [9.17, 15) is 27.2 Å². The van der Waals surface area contributed by atoms with Crippen molar-refractivity contribution in [3.63, 3.8) is 0 Å². The molecule has 1 unspecified atom stereocenters. The molecule has 2 heterocycles. The van der Waals surface area contributed by atoms with Gasteiger partial charge in [-0.1, -0.05) is 36.4 Å². The summed E-state index contributed by atoms with van der Waals surface area (Å²) >= 11 is 0. The Labute approximate surface area is 199 Å². The summed E-state index contributed by atoms with van der Waals surface area (Å²) in [6, 6.07) is 11.6. The number of carbonyl (C=O) groups is 2. The molecule has 2 aromatic rings. The maximum Gasteiger partial charge on any atom is 0.416 e. The molecule has 1 atom stereocenters. The zero-order chi connectivity index (χ0) is 24.8. The molecule has 2 amide bonds. The fourth-order valence-electron chi connectivity index (χ4n) is 4.97. The number of hydrogen-bond donors (Lipinski definition) is 1. The number of nitrogens with one attached hydrogen (secondary N) is 1. The number of benzene rings is 2. The van der Waals surface area contributed by atoms with E-state index >= 15 is 0 Å². The molecule has 2 aromatic carbocycles. The number of alkyl carbamates (subject to hydrolysis) is 1. The minimum absolute atomic E-state index is 0.00155. The lowest BCUT2D eigenvalue weighted by atomic mass is 9.68. The van der Waals surface area contributed by atoms with Crippen molar-refractivity contribution < 1.29 is 36.6 Å². The van der Waals surface area contributed by atoms with Gasteiger partial charge in [0.15, 0.2) is 0 Å². The van der Waals surface area contributed by atoms with Crippen LogP contribution in [0.2, 0.25) is 0 Å². The van der Waals surface area contributed by atoms with Crippen LogP contribution in [0.1, 0.15) is 35.6 Å². The molecule has 10 heteroatoms. The lowest BCUT2D eigenvalue weighted by Gasteiger charge is -2.47. The summed E-state index contributed by atoms with van der Waals surface area (Å²) in [5.74, 6) is -1.11. The van der Waals surface area contributed by atoms with Gasteiger partial charge in [-0.3, -0.25) is 4.79 Å². The van der Waals surface area contributed by atoms with Crippen molar-refractivity contribution in [2.24, 2.45) is 5.92 Å². The molecule has 1 spiro atoms. The van der Waals surface area contributed by atoms with Gasteiger partial charge in [0.1, 0.15) is 12.4 Å². The van der Waals surface area contributed by atoms with Gasteiger partial charge in [0.05, 0.1) is 23.3 Å². The standard InChI is InChI=1S/C25H24F4N2O4/c26-20-9-18(25(27,28)29)7-6-16(20)8-21(15-4-2-1-3-5-15)35-19-12-31(13-19)22(32)17-10-24(11-17)14-34-23(33)30-24/h1-7,9,17,19,21H,8,10-14H2,(H,30,33)/t17-,21?,24-. The third kappa shape index (κ3) is 4.84. The van der Waals surface area contributed by atoms with Crippen molar-refractivity contribution in [2.45, 2.75) is 43.2 Å². The number of halogens is 4. The van der Waals surface area contributed by atoms with Gasteiger partial charge in [0.25, 0.3) is 0 Å². The molecule has 3 aliphatic rings. The van der Waals surface area contributed by atoms with E-state index in [0.717, 1.165) is 17.7 Å². The smallest absolute Gasteiger partial charge is 0.416 e. The molecule has 0 bridgehead atoms. The number of hydrogen-bond acceptors (Lipinski definition) is 4. The van der Waals surface area contributed by atoms with Gasteiger partial charge >= 0.3 is 12.3 Å². The van der Waals surface area contributed by atoms with Crippen LogP contribution in [-0.2, 0) is 26.9 Å². The van der Waals surface area contributed by atoms with Crippen molar-refractivity contribution in [2.75, 3.05) is 19.7 Å². The molecule has 2 aliphatic heterocycles. The molecular formula is C25H24F4N2O4. The molecule has 35 heavy (non-hydrogen) atoms. The number of carbonyl (C=O) groups excluding carboxylic acids is 2. The van der Waals surface area contributed by atoms with Crippen LogP contribution in [0.25, 0.3) is 0 Å². The van der Waals surface area contributed by atoms with Crippen LogP contribution in [0.4, 0.5) is 22.4 Å². The van der Waals surface area contributed by atoms with Crippen LogP contribution in [0.3, 0.4) is 0 Å². The Morgan fingerprint density at radius 2 is 1.89 bits per heavy atom. The largest absolute Gasteiger partial charge is 0.447 e. The zero-order valence-corrected chi connectivity index (χ0v) is 18.7. The summed E-state index contributed by atoms with van der Waals surface area (Å²) in [5, 5.41) is 2.77. The van der Waals surface area contributed by atoms with E-state index in [2.05, 4.69) is 5.32 Å². The number of nitrogens with zero attached hydrogens (tertiary/aromatic N) is 1. The molecular weight excluding hydrogens is 468 g/mol. The van der Waals surface area contributed by atoms with Crippen LogP contribution in [0, 0.1) is 11.7 Å². The molecule has 5 rings (SSSR count). The average Bonchev–Trinajstić information content (AvgIpc) is 3.16. The monoisotopic (exact) mass is 492 g/mol. The average molecular weight is 492 g/mol. The van der Waals surface area contributed by atoms with Gasteiger partial charge in [0, 0.05) is 25.4 Å². The van der Waals surface area contributed by atoms with Gasteiger partial charge in [0.2, 0.25) is 5.91 Å². The first kappa shape index (κ1) is 23.6. The summed E-state index contributed by atoms with van der Waals surface area (Å²) < 4.78 is 64.3. The SMILES string of the molecule is O=C1N[C@]2(CO1)C[C@@H](C(=O)N1CC(OC(Cc3ccc(C(F)(F)F)cc3F)c3ccccc3)C1)C2. The number of likely N-dealkylation sites (tertiary alicyclic amines) is 1. The number of amides is 2. The van der Waals surface area contributed by atoms with Crippen LogP contribution < -0.4 is 5.32 Å². The minimum Gasteiger partial charge on any atom is -0.447 e. The fraction of sp³-hybridized carbons (Fsp3) is 0.440. The predicted molar refractivity (Wildman–Crippen MR) is 116 cm³/mol. The van der Waals surface area contributed by atoms with Gasteiger partial charge in [-0.25, -0.2) is 9.18 Å². The van der Waals surface area contributed by atoms with Crippen LogP contribution in [0.5, 0.6) is 0 Å². The Bertz CT molecular complexity index is 1110. The van der Waals surface area contributed by atoms with Gasteiger partial charge < -0.3 is 19.7 Å². The highest BCUT2D eigenvalue weighted by Gasteiger charge is 2.54. The molecule has 1 aliphatic carbocycles. The second-order valence-electron chi connectivity index (χ2n) is 9.50. The van der Waals surface area contributed by atoms with E-state index in [4.69, 9.17) is 9.47 Å². The quantitative estimate of drug-likeness (QED) is 0.613. The van der Waals surface area contributed by atoms with Gasteiger partial charge in [-0.05, 0) is 36.1 Å². The Morgan fingerprint density at radius 1 is 1.17 bits per heavy atom. The summed E-state index contributed by atoms with van der Waals surface area (Å²) in [5.41, 5.74) is -0.567. The first-order valence-electron chi connectivity index (χ1n) is 11.4. The van der Waals surface area contributed by atoms with Crippen LogP contribution >= 0.6 is 0 Å². The van der Waals surface area contributed by atoms with E-state index in [-0.39, 0.29) is 36.5 Å². The van der Waals surface area contributed by atoms with E-state index in [1.807, 2.05) is 30.3 Å². The highest BCUT2D eigenvalue weighted by Crippen LogP contribution is 2.42. The molecule has 1 N–H and O–H groups in total. The minimum atomic E-state index is -4.62. The highest BCUT2D eigenvalue weighted by molar-refractivity contribution is 5.82. The van der Waals surface area contributed by atoms with E-state index in [0.29, 0.717) is 32.0 Å². The topological polar surface area (TPSA) is 67.9 Å². The lowest BCUT2D eigenvalue weighted by Crippen LogP contribution is -2.62. The van der Waals surface area contributed by atoms with Crippen LogP contribution in [0.15, 0.2) is 48.5 Å². The fourth-order valence-corrected chi connectivity index (χ4v) is 4.97. The summed E-state index contributed by atoms with van der Waals surface area (Å²) in [6.07, 6.45) is -4.78. The van der Waals surface area contributed by atoms with E-state index < -0.39 is 35.3 Å². The first-order valence-corrected chi connectivity index (χ1v) is 11.4. The molecule has 2 saturated heterocycles. The second-order valence-corrected chi connectivity index (χ2v) is 9.50. The normalized spacial score (nSPS) is 25.0. The zero-order valence-electron chi connectivity index (χ0n) is 18.7. The second kappa shape index (κ2) is 8.82. The van der Waals surface area contributed by atoms with Gasteiger partial charge in [-0.2, -0.15) is 13.2 Å². The van der Waals surface area contributed by atoms with E-state index in [1.54, 1.807) is 4.90 Å². The van der Waals surface area contributed by atoms with Crippen molar-refractivity contribution >= 4 is 12.0 Å². The van der Waals surface area contributed by atoms with Crippen LogP contribution in [-0.4, -0.2) is 48.2 Å². The Hall–Kier alpha value is -3.14. The Kier molecular flexibility index (Phi) is 5.94. The Balaban J connectivity index is 1.20. The first-order chi connectivity index (χ1) is 16.6. The highest BCUT2D eigenvalue weighted by atomic mass is 19.4. The maximum absolute atomic E-state index is 14.5. The molecule has 6 nitrogen and oxygen atoms in total. The number of cyclic esters (lactones) is 1. The molecule has 0 aromatic heterocycles. The number of ether oxygens (including phenoxy) is 2. The number of rotatable bonds is 6. The third-order valence-electron chi connectivity index (χ3n) is 6.94. The number of alkyl halides is 3. The lowest BCUT2D eigenvalue weighted by molar-refractivity contribution is -0.159. The third-order valence-corrected chi connectivity index (χ3v) is 6.94. The van der Waals surface area contributed by atoms with Crippen molar-refractivity contribution in [3.8, 4) is 0 Å². The van der Waals surface area contributed by atoms with Crippen molar-refractivity contribution in [1.29, 1.82) is 0 Å². The molecule has 1 saturated carbocycles. The predicted octanol–water partition coefficient (Wildman–Crippen LogP) is 4.24. The Morgan fingerprint density at radius 3 is 2.49 bits per heavy atom. The molecule has 0 radical (unpaired) electrons. The summed E-state index contributed by atoms with van der Waals surface area (Å²) in [7, 11) is 0. The summed E-state index contributed by atoms with van der Waals surface area (Å²) in [4.78, 5) is 25.7. The molecule has 3 fully saturated rings.